The number of hydrogen-bond acceptors (Lipinski definition) is 4. The summed E-state index contributed by atoms with van der Waals surface area (Å²) in [6.45, 7) is 0. The van der Waals surface area contributed by atoms with Crippen LogP contribution in [0.1, 0.15) is 10.4 Å². The highest BCUT2D eigenvalue weighted by Gasteiger charge is 2.13. The number of carbonyl (C=O) groups excluding carboxylic acids is 1. The second-order valence-corrected chi connectivity index (χ2v) is 4.73. The summed E-state index contributed by atoms with van der Waals surface area (Å²) >= 11 is 0. The third kappa shape index (κ3) is 3.22. The van der Waals surface area contributed by atoms with Gasteiger partial charge in [-0.25, -0.2) is 4.39 Å². The van der Waals surface area contributed by atoms with Crippen LogP contribution in [0.3, 0.4) is 0 Å². The van der Waals surface area contributed by atoms with Gasteiger partial charge in [0.05, 0.1) is 5.56 Å². The van der Waals surface area contributed by atoms with Gasteiger partial charge in [-0.3, -0.25) is 4.79 Å². The van der Waals surface area contributed by atoms with Crippen molar-refractivity contribution in [1.82, 2.24) is 0 Å². The Labute approximate surface area is 121 Å². The van der Waals surface area contributed by atoms with Gasteiger partial charge in [-0.2, -0.15) is 0 Å². The second-order valence-electron chi connectivity index (χ2n) is 4.73. The zero-order valence-electron chi connectivity index (χ0n) is 11.8. The van der Waals surface area contributed by atoms with E-state index in [0.29, 0.717) is 5.75 Å². The quantitative estimate of drug-likeness (QED) is 0.847. The van der Waals surface area contributed by atoms with E-state index in [2.05, 4.69) is 0 Å². The van der Waals surface area contributed by atoms with Gasteiger partial charge >= 0.3 is 0 Å². The predicted molar refractivity (Wildman–Crippen MR) is 80.2 cm³/mol. The maximum Gasteiger partial charge on any atom is 0.250 e. The molecule has 2 aromatic carbocycles. The highest BCUT2D eigenvalue weighted by atomic mass is 19.1. The smallest absolute Gasteiger partial charge is 0.250 e. The highest BCUT2D eigenvalue weighted by molar-refractivity contribution is 5.98. The topological polar surface area (TPSA) is 81.6 Å². The Morgan fingerprint density at radius 3 is 2.57 bits per heavy atom. The Morgan fingerprint density at radius 1 is 1.24 bits per heavy atom. The molecule has 0 bridgehead atoms. The van der Waals surface area contributed by atoms with Crippen molar-refractivity contribution >= 4 is 17.3 Å². The van der Waals surface area contributed by atoms with Crippen molar-refractivity contribution in [3.8, 4) is 11.5 Å². The average molecular weight is 289 g/mol. The van der Waals surface area contributed by atoms with E-state index in [1.54, 1.807) is 18.2 Å². The first-order chi connectivity index (χ1) is 9.88. The maximum absolute atomic E-state index is 13.9. The first-order valence-electron chi connectivity index (χ1n) is 6.22. The van der Waals surface area contributed by atoms with Gasteiger partial charge in [0.2, 0.25) is 0 Å². The lowest BCUT2D eigenvalue weighted by molar-refractivity contribution is 0.100. The predicted octanol–water partition coefficient (Wildman–Crippen LogP) is 2.37. The van der Waals surface area contributed by atoms with Gasteiger partial charge < -0.3 is 21.1 Å². The number of halogens is 1. The number of ether oxygens (including phenoxy) is 1. The number of nitrogens with two attached hydrogens (primary N) is 2. The molecule has 0 radical (unpaired) electrons. The standard InChI is InChI=1S/C15H16FN3O2/c1-19(2)9-4-3-5-10(6-9)21-14-7-11(15(18)20)13(17)8-12(14)16/h3-8H,17H2,1-2H3,(H2,18,20). The van der Waals surface area contributed by atoms with E-state index in [0.717, 1.165) is 11.8 Å². The molecule has 2 rings (SSSR count). The molecule has 110 valence electrons. The van der Waals surface area contributed by atoms with Crippen LogP contribution in [-0.2, 0) is 0 Å². The summed E-state index contributed by atoms with van der Waals surface area (Å²) in [5, 5.41) is 0. The zero-order valence-corrected chi connectivity index (χ0v) is 11.8. The van der Waals surface area contributed by atoms with Gasteiger partial charge in [-0.05, 0) is 18.2 Å². The fourth-order valence-electron chi connectivity index (χ4n) is 1.81. The van der Waals surface area contributed by atoms with Crippen LogP contribution in [-0.4, -0.2) is 20.0 Å². The fraction of sp³-hybridized carbons (Fsp3) is 0.133. The van der Waals surface area contributed by atoms with Crippen LogP contribution < -0.4 is 21.1 Å². The van der Waals surface area contributed by atoms with Crippen LogP contribution in [0.4, 0.5) is 15.8 Å². The van der Waals surface area contributed by atoms with Crippen molar-refractivity contribution < 1.29 is 13.9 Å². The Bertz CT molecular complexity index is 687. The third-order valence-electron chi connectivity index (χ3n) is 2.93. The van der Waals surface area contributed by atoms with Gasteiger partial charge in [0, 0.05) is 37.6 Å². The van der Waals surface area contributed by atoms with E-state index in [9.17, 15) is 9.18 Å². The number of carbonyl (C=O) groups is 1. The number of nitrogens with zero attached hydrogens (tertiary/aromatic N) is 1. The maximum atomic E-state index is 13.9. The van der Waals surface area contributed by atoms with Crippen molar-refractivity contribution in [3.05, 3.63) is 47.8 Å². The van der Waals surface area contributed by atoms with Crippen molar-refractivity contribution in [2.45, 2.75) is 0 Å². The van der Waals surface area contributed by atoms with Gasteiger partial charge in [0.25, 0.3) is 5.91 Å². The lowest BCUT2D eigenvalue weighted by Gasteiger charge is -2.14. The molecule has 0 heterocycles. The molecule has 0 spiro atoms. The monoisotopic (exact) mass is 289 g/mol. The molecule has 0 unspecified atom stereocenters. The minimum atomic E-state index is -0.737. The first kappa shape index (κ1) is 14.6. The van der Waals surface area contributed by atoms with Gasteiger partial charge in [-0.1, -0.05) is 6.07 Å². The number of benzene rings is 2. The zero-order chi connectivity index (χ0) is 15.6. The number of amides is 1. The van der Waals surface area contributed by atoms with E-state index in [4.69, 9.17) is 16.2 Å². The second kappa shape index (κ2) is 5.70. The molecule has 0 aliphatic rings. The van der Waals surface area contributed by atoms with Crippen LogP contribution in [0.15, 0.2) is 36.4 Å². The normalized spacial score (nSPS) is 10.2. The molecule has 0 aliphatic heterocycles. The fourth-order valence-corrected chi connectivity index (χ4v) is 1.81. The summed E-state index contributed by atoms with van der Waals surface area (Å²) in [6.07, 6.45) is 0. The number of hydrogen-bond donors (Lipinski definition) is 2. The molecule has 0 fully saturated rings. The van der Waals surface area contributed by atoms with Crippen molar-refractivity contribution in [1.29, 1.82) is 0 Å². The number of rotatable bonds is 4. The van der Waals surface area contributed by atoms with Crippen molar-refractivity contribution in [2.75, 3.05) is 24.7 Å². The molecule has 21 heavy (non-hydrogen) atoms. The summed E-state index contributed by atoms with van der Waals surface area (Å²) in [5.41, 5.74) is 11.6. The summed E-state index contributed by atoms with van der Waals surface area (Å²) < 4.78 is 19.4. The number of nitrogen functional groups attached to an aromatic ring is 1. The van der Waals surface area contributed by atoms with Gasteiger partial charge in [0.15, 0.2) is 11.6 Å². The average Bonchev–Trinajstić information content (AvgIpc) is 2.41. The summed E-state index contributed by atoms with van der Waals surface area (Å²) in [7, 11) is 3.77. The van der Waals surface area contributed by atoms with E-state index < -0.39 is 11.7 Å². The van der Waals surface area contributed by atoms with Crippen molar-refractivity contribution in [2.24, 2.45) is 5.73 Å². The molecule has 0 aromatic heterocycles. The van der Waals surface area contributed by atoms with Crippen LogP contribution in [0.2, 0.25) is 0 Å². The van der Waals surface area contributed by atoms with Gasteiger partial charge in [0.1, 0.15) is 5.75 Å². The lowest BCUT2D eigenvalue weighted by Crippen LogP contribution is -2.14. The van der Waals surface area contributed by atoms with Crippen LogP contribution in [0, 0.1) is 5.82 Å². The molecule has 1 amide bonds. The largest absolute Gasteiger partial charge is 0.454 e. The van der Waals surface area contributed by atoms with E-state index in [1.807, 2.05) is 25.1 Å². The van der Waals surface area contributed by atoms with Crippen LogP contribution in [0.5, 0.6) is 11.5 Å². The van der Waals surface area contributed by atoms with Crippen LogP contribution in [0.25, 0.3) is 0 Å². The van der Waals surface area contributed by atoms with Crippen molar-refractivity contribution in [3.63, 3.8) is 0 Å². The molecule has 0 aliphatic carbocycles. The highest BCUT2D eigenvalue weighted by Crippen LogP contribution is 2.30. The molecule has 5 nitrogen and oxygen atoms in total. The summed E-state index contributed by atoms with van der Waals surface area (Å²) in [4.78, 5) is 13.1. The Hall–Kier alpha value is -2.76. The van der Waals surface area contributed by atoms with E-state index >= 15 is 0 Å². The molecule has 0 saturated heterocycles. The molecular weight excluding hydrogens is 273 g/mol. The molecular formula is C15H16FN3O2. The summed E-state index contributed by atoms with van der Waals surface area (Å²) in [6, 6.07) is 9.34. The number of anilines is 2. The SMILES string of the molecule is CN(C)c1cccc(Oc2cc(C(N)=O)c(N)cc2F)c1. The molecule has 2 aromatic rings. The Balaban J connectivity index is 2.37. The Kier molecular flexibility index (Phi) is 3.98. The number of primary amides is 1. The van der Waals surface area contributed by atoms with E-state index in [1.165, 1.54) is 6.07 Å². The van der Waals surface area contributed by atoms with Gasteiger partial charge in [-0.15, -0.1) is 0 Å². The third-order valence-corrected chi connectivity index (χ3v) is 2.93. The molecule has 0 atom stereocenters. The Morgan fingerprint density at radius 2 is 1.95 bits per heavy atom. The molecule has 0 saturated carbocycles. The minimum absolute atomic E-state index is 0.0191. The van der Waals surface area contributed by atoms with Crippen LogP contribution >= 0.6 is 0 Å². The molecule has 4 N–H and O–H groups in total. The minimum Gasteiger partial charge on any atom is -0.454 e. The van der Waals surface area contributed by atoms with E-state index in [-0.39, 0.29) is 17.0 Å². The molecule has 6 heteroatoms. The summed E-state index contributed by atoms with van der Waals surface area (Å²) in [5.74, 6) is -1.05. The first-order valence-corrected chi connectivity index (χ1v) is 6.22. The lowest BCUT2D eigenvalue weighted by atomic mass is 10.1.